The molecule has 2 rings (SSSR count). The van der Waals surface area contributed by atoms with Gasteiger partial charge in [-0.25, -0.2) is 13.8 Å². The smallest absolute Gasteiger partial charge is 0.260 e. The molecule has 1 N–H and O–H groups in total. The summed E-state index contributed by atoms with van der Waals surface area (Å²) >= 11 is 0. The molecule has 0 bridgehead atoms. The molecule has 0 aliphatic heterocycles. The first-order valence-corrected chi connectivity index (χ1v) is 10.2. The summed E-state index contributed by atoms with van der Waals surface area (Å²) in [5.74, 6) is 0.231. The average Bonchev–Trinajstić information content (AvgIpc) is 2.69. The van der Waals surface area contributed by atoms with Gasteiger partial charge in [-0.05, 0) is 24.6 Å². The number of amides is 1. The maximum atomic E-state index is 12.3. The number of anilines is 1. The molecule has 150 valence electrons. The van der Waals surface area contributed by atoms with Crippen molar-refractivity contribution >= 4 is 27.3 Å². The van der Waals surface area contributed by atoms with Crippen molar-refractivity contribution in [2.75, 3.05) is 31.3 Å². The molecule has 1 amide bonds. The molecule has 2 aromatic carbocycles. The monoisotopic (exact) mass is 405 g/mol. The Bertz CT molecular complexity index is 959. The van der Waals surface area contributed by atoms with Crippen molar-refractivity contribution in [1.82, 2.24) is 5.43 Å². The third kappa shape index (κ3) is 5.46. The van der Waals surface area contributed by atoms with Crippen LogP contribution in [-0.4, -0.2) is 47.1 Å². The summed E-state index contributed by atoms with van der Waals surface area (Å²) < 4.78 is 35.8. The highest BCUT2D eigenvalue weighted by Crippen LogP contribution is 2.32. The molecule has 0 aromatic heterocycles. The maximum Gasteiger partial charge on any atom is 0.260 e. The SMILES string of the molecule is COc1ccc(N(CC(=O)N/N=C(/C)c2ccccc2)S(C)(=O)=O)cc1OC. The zero-order valence-electron chi connectivity index (χ0n) is 16.2. The highest BCUT2D eigenvalue weighted by molar-refractivity contribution is 7.92. The van der Waals surface area contributed by atoms with Gasteiger partial charge in [-0.2, -0.15) is 5.10 Å². The molecule has 28 heavy (non-hydrogen) atoms. The van der Waals surface area contributed by atoms with Crippen LogP contribution in [0.25, 0.3) is 0 Å². The minimum atomic E-state index is -3.72. The molecule has 0 unspecified atom stereocenters. The predicted molar refractivity (Wildman–Crippen MR) is 109 cm³/mol. The fourth-order valence-corrected chi connectivity index (χ4v) is 3.28. The maximum absolute atomic E-state index is 12.3. The molecule has 9 heteroatoms. The van der Waals surface area contributed by atoms with E-state index in [-0.39, 0.29) is 5.69 Å². The van der Waals surface area contributed by atoms with Crippen LogP contribution in [0.1, 0.15) is 12.5 Å². The fraction of sp³-hybridized carbons (Fsp3) is 0.263. The Morgan fingerprint density at radius 1 is 1.07 bits per heavy atom. The van der Waals surface area contributed by atoms with Gasteiger partial charge in [0.2, 0.25) is 10.0 Å². The quantitative estimate of drug-likeness (QED) is 0.535. The minimum absolute atomic E-state index is 0.277. The Morgan fingerprint density at radius 3 is 2.29 bits per heavy atom. The molecule has 0 aliphatic rings. The van der Waals surface area contributed by atoms with E-state index in [1.807, 2.05) is 30.3 Å². The third-order valence-electron chi connectivity index (χ3n) is 3.88. The number of carbonyl (C=O) groups excluding carboxylic acids is 1. The van der Waals surface area contributed by atoms with E-state index in [9.17, 15) is 13.2 Å². The van der Waals surface area contributed by atoms with Gasteiger partial charge in [0.1, 0.15) is 6.54 Å². The summed E-state index contributed by atoms with van der Waals surface area (Å²) in [6.07, 6.45) is 1.02. The van der Waals surface area contributed by atoms with E-state index in [0.717, 1.165) is 16.1 Å². The molecule has 0 spiro atoms. The molecule has 0 atom stereocenters. The fourth-order valence-electron chi connectivity index (χ4n) is 2.44. The first-order chi connectivity index (χ1) is 13.3. The van der Waals surface area contributed by atoms with Gasteiger partial charge in [-0.1, -0.05) is 30.3 Å². The highest BCUT2D eigenvalue weighted by Gasteiger charge is 2.22. The highest BCUT2D eigenvalue weighted by atomic mass is 32.2. The summed E-state index contributed by atoms with van der Waals surface area (Å²) in [5.41, 5.74) is 4.12. The van der Waals surface area contributed by atoms with Crippen molar-refractivity contribution in [2.45, 2.75) is 6.92 Å². The van der Waals surface area contributed by atoms with Crippen molar-refractivity contribution in [2.24, 2.45) is 5.10 Å². The first kappa shape index (κ1) is 21.2. The van der Waals surface area contributed by atoms with Crippen molar-refractivity contribution in [3.05, 3.63) is 54.1 Å². The molecule has 2 aromatic rings. The second kappa shape index (κ2) is 9.23. The zero-order chi connectivity index (χ0) is 20.7. The van der Waals surface area contributed by atoms with Crippen LogP contribution < -0.4 is 19.2 Å². The molecule has 8 nitrogen and oxygen atoms in total. The number of rotatable bonds is 8. The van der Waals surface area contributed by atoms with Crippen LogP contribution in [0.5, 0.6) is 11.5 Å². The van der Waals surface area contributed by atoms with E-state index in [2.05, 4.69) is 10.5 Å². The zero-order valence-corrected chi connectivity index (χ0v) is 17.0. The van der Waals surface area contributed by atoms with Gasteiger partial charge < -0.3 is 9.47 Å². The van der Waals surface area contributed by atoms with Gasteiger partial charge in [0.05, 0.1) is 31.9 Å². The van der Waals surface area contributed by atoms with Crippen molar-refractivity contribution in [3.63, 3.8) is 0 Å². The van der Waals surface area contributed by atoms with E-state index >= 15 is 0 Å². The van der Waals surface area contributed by atoms with Crippen molar-refractivity contribution in [3.8, 4) is 11.5 Å². The Labute approximate surface area is 164 Å². The summed E-state index contributed by atoms with van der Waals surface area (Å²) in [4.78, 5) is 12.3. The lowest BCUT2D eigenvalue weighted by atomic mass is 10.1. The number of hydrogen-bond donors (Lipinski definition) is 1. The lowest BCUT2D eigenvalue weighted by molar-refractivity contribution is -0.119. The van der Waals surface area contributed by atoms with Crippen molar-refractivity contribution in [1.29, 1.82) is 0 Å². The largest absolute Gasteiger partial charge is 0.493 e. The number of methoxy groups -OCH3 is 2. The van der Waals surface area contributed by atoms with E-state index in [1.165, 1.54) is 26.4 Å². The molecule has 0 aliphatic carbocycles. The Balaban J connectivity index is 2.20. The molecule has 0 saturated carbocycles. The van der Waals surface area contributed by atoms with E-state index < -0.39 is 22.5 Å². The second-order valence-electron chi connectivity index (χ2n) is 5.91. The number of hydrazone groups is 1. The Hall–Kier alpha value is -3.07. The summed E-state index contributed by atoms with van der Waals surface area (Å²) in [5, 5.41) is 4.04. The van der Waals surface area contributed by atoms with E-state index in [4.69, 9.17) is 9.47 Å². The molecular weight excluding hydrogens is 382 g/mol. The van der Waals surface area contributed by atoms with Crippen LogP contribution in [0.4, 0.5) is 5.69 Å². The Kier molecular flexibility index (Phi) is 7.00. The summed E-state index contributed by atoms with van der Waals surface area (Å²) in [7, 11) is -0.797. The molecular formula is C19H23N3O5S. The minimum Gasteiger partial charge on any atom is -0.493 e. The van der Waals surface area contributed by atoms with Crippen LogP contribution in [0.3, 0.4) is 0 Å². The number of ether oxygens (including phenoxy) is 2. The van der Waals surface area contributed by atoms with Gasteiger partial charge in [0.15, 0.2) is 11.5 Å². The number of benzene rings is 2. The summed E-state index contributed by atoms with van der Waals surface area (Å²) in [6.45, 7) is 1.32. The molecule has 0 radical (unpaired) electrons. The third-order valence-corrected chi connectivity index (χ3v) is 5.02. The molecule has 0 saturated heterocycles. The second-order valence-corrected chi connectivity index (χ2v) is 7.81. The van der Waals surface area contributed by atoms with Gasteiger partial charge in [0, 0.05) is 6.07 Å². The van der Waals surface area contributed by atoms with Crippen LogP contribution in [-0.2, 0) is 14.8 Å². The number of carbonyl (C=O) groups is 1. The average molecular weight is 405 g/mol. The molecule has 0 fully saturated rings. The number of sulfonamides is 1. The number of nitrogens with zero attached hydrogens (tertiary/aromatic N) is 2. The van der Waals surface area contributed by atoms with Gasteiger partial charge >= 0.3 is 0 Å². The van der Waals surface area contributed by atoms with Crippen LogP contribution in [0.15, 0.2) is 53.6 Å². The van der Waals surface area contributed by atoms with Gasteiger partial charge in [-0.15, -0.1) is 0 Å². The predicted octanol–water partition coefficient (Wildman–Crippen LogP) is 2.01. The van der Waals surface area contributed by atoms with E-state index in [1.54, 1.807) is 13.0 Å². The lowest BCUT2D eigenvalue weighted by Crippen LogP contribution is -2.39. The normalized spacial score (nSPS) is 11.6. The lowest BCUT2D eigenvalue weighted by Gasteiger charge is -2.22. The van der Waals surface area contributed by atoms with Crippen molar-refractivity contribution < 1.29 is 22.7 Å². The topological polar surface area (TPSA) is 97.3 Å². The van der Waals surface area contributed by atoms with Gasteiger partial charge in [-0.3, -0.25) is 9.10 Å². The van der Waals surface area contributed by atoms with Crippen LogP contribution in [0.2, 0.25) is 0 Å². The van der Waals surface area contributed by atoms with Crippen LogP contribution in [0, 0.1) is 0 Å². The number of hydrogen-bond acceptors (Lipinski definition) is 6. The first-order valence-electron chi connectivity index (χ1n) is 8.34. The van der Waals surface area contributed by atoms with Gasteiger partial charge in [0.25, 0.3) is 5.91 Å². The Morgan fingerprint density at radius 2 is 1.71 bits per heavy atom. The number of nitrogens with one attached hydrogen (secondary N) is 1. The van der Waals surface area contributed by atoms with Crippen LogP contribution >= 0.6 is 0 Å². The van der Waals surface area contributed by atoms with E-state index in [0.29, 0.717) is 17.2 Å². The molecule has 0 heterocycles. The standard InChI is InChI=1S/C19H23N3O5S/c1-14(15-8-6-5-7-9-15)20-21-19(23)13-22(28(4,24)25)16-10-11-17(26-2)18(12-16)27-3/h5-12H,13H2,1-4H3,(H,21,23)/b20-14-. The summed E-state index contributed by atoms with van der Waals surface area (Å²) in [6, 6.07) is 13.9.